The first-order chi connectivity index (χ1) is 10.1. The van der Waals surface area contributed by atoms with E-state index in [0.29, 0.717) is 6.61 Å². The van der Waals surface area contributed by atoms with Crippen LogP contribution in [-0.4, -0.2) is 29.8 Å². The van der Waals surface area contributed by atoms with Crippen molar-refractivity contribution in [2.45, 2.75) is 96.6 Å². The molecule has 0 aromatic carbocycles. The van der Waals surface area contributed by atoms with Crippen LogP contribution < -0.4 is 5.73 Å². The van der Waals surface area contributed by atoms with Crippen molar-refractivity contribution in [3.05, 3.63) is 0 Å². The summed E-state index contributed by atoms with van der Waals surface area (Å²) in [5.41, 5.74) is 5.47. The fraction of sp³-hybridized carbons (Fsp3) is 0.941. The van der Waals surface area contributed by atoms with Crippen molar-refractivity contribution in [1.29, 1.82) is 0 Å². The van der Waals surface area contributed by atoms with Crippen molar-refractivity contribution in [3.8, 4) is 0 Å². The normalized spacial score (nSPS) is 13.9. The van der Waals surface area contributed by atoms with Crippen LogP contribution in [-0.2, 0) is 9.53 Å². The zero-order valence-electron chi connectivity index (χ0n) is 14.0. The van der Waals surface area contributed by atoms with Crippen LogP contribution in [0, 0.1) is 0 Å². The molecule has 0 heterocycles. The Morgan fingerprint density at radius 2 is 1.38 bits per heavy atom. The van der Waals surface area contributed by atoms with Gasteiger partial charge in [-0.1, -0.05) is 71.1 Å². The van der Waals surface area contributed by atoms with Gasteiger partial charge in [0.15, 0.2) is 0 Å². The van der Waals surface area contributed by atoms with Crippen LogP contribution in [0.25, 0.3) is 0 Å². The quantitative estimate of drug-likeness (QED) is 0.380. The summed E-state index contributed by atoms with van der Waals surface area (Å²) in [5.74, 6) is -0.503. The number of hydrogen-bond donors (Lipinski definition) is 2. The molecule has 0 rings (SSSR count). The van der Waals surface area contributed by atoms with Crippen molar-refractivity contribution >= 4 is 5.97 Å². The summed E-state index contributed by atoms with van der Waals surface area (Å²) in [5, 5.41) is 9.16. The second-order valence-electron chi connectivity index (χ2n) is 5.97. The van der Waals surface area contributed by atoms with Crippen molar-refractivity contribution in [1.82, 2.24) is 0 Å². The lowest BCUT2D eigenvalue weighted by Gasteiger charge is -2.13. The number of carbonyl (C=O) groups is 1. The third-order valence-corrected chi connectivity index (χ3v) is 3.78. The number of carbonyl (C=O) groups excluding carboxylic acids is 1. The van der Waals surface area contributed by atoms with Crippen molar-refractivity contribution in [2.24, 2.45) is 5.73 Å². The standard InChI is InChI=1S/C17H35NO3/c1-3-4-5-6-7-8-9-10-11-12-13-14-21-17(20)16(18)15(2)19/h15-16,19H,3-14,18H2,1-2H3/t15-,16+/m1/s1. The maximum atomic E-state index is 11.4. The third-order valence-electron chi connectivity index (χ3n) is 3.78. The molecule has 4 heteroatoms. The zero-order chi connectivity index (χ0) is 15.9. The number of esters is 1. The lowest BCUT2D eigenvalue weighted by Crippen LogP contribution is -2.41. The molecule has 0 aromatic rings. The Morgan fingerprint density at radius 1 is 0.952 bits per heavy atom. The lowest BCUT2D eigenvalue weighted by molar-refractivity contribution is -0.147. The van der Waals surface area contributed by atoms with Gasteiger partial charge in [-0.3, -0.25) is 4.79 Å². The number of aliphatic hydroxyl groups excluding tert-OH is 1. The molecular formula is C17H35NO3. The van der Waals surface area contributed by atoms with Gasteiger partial charge >= 0.3 is 5.97 Å². The monoisotopic (exact) mass is 301 g/mol. The molecule has 3 N–H and O–H groups in total. The molecule has 126 valence electrons. The summed E-state index contributed by atoms with van der Waals surface area (Å²) in [7, 11) is 0. The van der Waals surface area contributed by atoms with Crippen molar-refractivity contribution in [2.75, 3.05) is 6.61 Å². The largest absolute Gasteiger partial charge is 0.464 e. The van der Waals surface area contributed by atoms with E-state index in [2.05, 4.69) is 6.92 Å². The molecule has 0 amide bonds. The van der Waals surface area contributed by atoms with Crippen molar-refractivity contribution in [3.63, 3.8) is 0 Å². The first-order valence-electron chi connectivity index (χ1n) is 8.69. The predicted octanol–water partition coefficient (Wildman–Crippen LogP) is 3.55. The summed E-state index contributed by atoms with van der Waals surface area (Å²) >= 11 is 0. The molecular weight excluding hydrogens is 266 g/mol. The van der Waals surface area contributed by atoms with E-state index >= 15 is 0 Å². The Balaban J connectivity index is 3.21. The second kappa shape index (κ2) is 14.3. The smallest absolute Gasteiger partial charge is 0.325 e. The number of unbranched alkanes of at least 4 members (excludes halogenated alkanes) is 10. The number of hydrogen-bond acceptors (Lipinski definition) is 4. The third kappa shape index (κ3) is 12.8. The van der Waals surface area contributed by atoms with E-state index in [1.807, 2.05) is 0 Å². The van der Waals surface area contributed by atoms with Crippen LogP contribution in [0.5, 0.6) is 0 Å². The molecule has 0 aliphatic heterocycles. The van der Waals surface area contributed by atoms with Gasteiger partial charge in [-0.25, -0.2) is 0 Å². The SMILES string of the molecule is CCCCCCCCCCCCCOC(=O)[C@@H](N)[C@@H](C)O. The van der Waals surface area contributed by atoms with Crippen LogP contribution in [0.15, 0.2) is 0 Å². The van der Waals surface area contributed by atoms with Gasteiger partial charge in [0.1, 0.15) is 6.04 Å². The van der Waals surface area contributed by atoms with E-state index in [4.69, 9.17) is 15.6 Å². The zero-order valence-corrected chi connectivity index (χ0v) is 14.0. The summed E-state index contributed by atoms with van der Waals surface area (Å²) in [6.07, 6.45) is 13.1. The number of aliphatic hydroxyl groups is 1. The van der Waals surface area contributed by atoms with E-state index in [-0.39, 0.29) is 0 Å². The molecule has 21 heavy (non-hydrogen) atoms. The molecule has 0 fully saturated rings. The molecule has 0 saturated carbocycles. The molecule has 0 bridgehead atoms. The minimum atomic E-state index is -0.919. The summed E-state index contributed by atoms with van der Waals surface area (Å²) in [6, 6.07) is -0.919. The van der Waals surface area contributed by atoms with E-state index in [1.54, 1.807) is 0 Å². The van der Waals surface area contributed by atoms with Gasteiger partial charge in [-0.15, -0.1) is 0 Å². The highest BCUT2D eigenvalue weighted by atomic mass is 16.5. The predicted molar refractivity (Wildman–Crippen MR) is 87.1 cm³/mol. The van der Waals surface area contributed by atoms with Crippen LogP contribution >= 0.6 is 0 Å². The summed E-state index contributed by atoms with van der Waals surface area (Å²) in [4.78, 5) is 11.4. The second-order valence-corrected chi connectivity index (χ2v) is 5.97. The van der Waals surface area contributed by atoms with Crippen molar-refractivity contribution < 1.29 is 14.6 Å². The number of ether oxygens (including phenoxy) is 1. The molecule has 0 radical (unpaired) electrons. The van der Waals surface area contributed by atoms with E-state index in [1.165, 1.54) is 64.7 Å². The Bertz CT molecular complexity index is 244. The molecule has 0 aromatic heterocycles. The van der Waals surface area contributed by atoms with Crippen LogP contribution in [0.4, 0.5) is 0 Å². The molecule has 4 nitrogen and oxygen atoms in total. The van der Waals surface area contributed by atoms with Crippen LogP contribution in [0.2, 0.25) is 0 Å². The highest BCUT2D eigenvalue weighted by Gasteiger charge is 2.19. The fourth-order valence-corrected chi connectivity index (χ4v) is 2.23. The molecule has 0 aliphatic carbocycles. The summed E-state index contributed by atoms with van der Waals surface area (Å²) < 4.78 is 5.02. The van der Waals surface area contributed by atoms with Gasteiger partial charge in [0.25, 0.3) is 0 Å². The van der Waals surface area contributed by atoms with Gasteiger partial charge in [-0.2, -0.15) is 0 Å². The van der Waals surface area contributed by atoms with Gasteiger partial charge in [-0.05, 0) is 13.3 Å². The fourth-order valence-electron chi connectivity index (χ4n) is 2.23. The topological polar surface area (TPSA) is 72.5 Å². The Kier molecular flexibility index (Phi) is 13.9. The number of rotatable bonds is 14. The van der Waals surface area contributed by atoms with Gasteiger partial charge < -0.3 is 15.6 Å². The first kappa shape index (κ1) is 20.4. The van der Waals surface area contributed by atoms with E-state index in [0.717, 1.165) is 12.8 Å². The Hall–Kier alpha value is -0.610. The molecule has 0 aliphatic rings. The average molecular weight is 301 g/mol. The lowest BCUT2D eigenvalue weighted by atomic mass is 10.1. The molecule has 0 unspecified atom stereocenters. The highest BCUT2D eigenvalue weighted by Crippen LogP contribution is 2.11. The maximum Gasteiger partial charge on any atom is 0.325 e. The van der Waals surface area contributed by atoms with Gasteiger partial charge in [0.2, 0.25) is 0 Å². The first-order valence-corrected chi connectivity index (χ1v) is 8.69. The Morgan fingerprint density at radius 3 is 1.81 bits per heavy atom. The van der Waals surface area contributed by atoms with Gasteiger partial charge in [0, 0.05) is 0 Å². The highest BCUT2D eigenvalue weighted by molar-refractivity contribution is 5.76. The molecule has 2 atom stereocenters. The number of nitrogens with two attached hydrogens (primary N) is 1. The van der Waals surface area contributed by atoms with Crippen LogP contribution in [0.1, 0.15) is 84.5 Å². The van der Waals surface area contributed by atoms with Crippen LogP contribution in [0.3, 0.4) is 0 Å². The average Bonchev–Trinajstić information content (AvgIpc) is 2.47. The Labute approximate surface area is 130 Å². The van der Waals surface area contributed by atoms with Gasteiger partial charge in [0.05, 0.1) is 12.7 Å². The minimum Gasteiger partial charge on any atom is -0.464 e. The van der Waals surface area contributed by atoms with E-state index < -0.39 is 18.1 Å². The maximum absolute atomic E-state index is 11.4. The molecule has 0 spiro atoms. The van der Waals surface area contributed by atoms with E-state index in [9.17, 15) is 4.79 Å². The molecule has 0 saturated heterocycles. The summed E-state index contributed by atoms with van der Waals surface area (Å²) in [6.45, 7) is 4.15. The minimum absolute atomic E-state index is 0.413.